The Balaban J connectivity index is 2.04. The third kappa shape index (κ3) is 1.41. The van der Waals surface area contributed by atoms with Crippen LogP contribution in [0.5, 0.6) is 0 Å². The molecule has 1 aliphatic carbocycles. The summed E-state index contributed by atoms with van der Waals surface area (Å²) < 4.78 is 0. The number of hydrogen-bond acceptors (Lipinski definition) is 1. The molecular formula is C21H16O. The number of carbonyl (C=O) groups excluding carboxylic acids is 1. The Morgan fingerprint density at radius 1 is 0.909 bits per heavy atom. The molecule has 106 valence electrons. The first-order valence-electron chi connectivity index (χ1n) is 7.97. The number of Topliss-reactive ketones (excluding diaryl/α,β-unsaturated/α-hetero) is 1. The Kier molecular flexibility index (Phi) is 2.25. The van der Waals surface area contributed by atoms with Crippen molar-refractivity contribution in [2.75, 3.05) is 0 Å². The van der Waals surface area contributed by atoms with Gasteiger partial charge in [0.1, 0.15) is 0 Å². The highest BCUT2D eigenvalue weighted by atomic mass is 16.1. The maximum Gasteiger partial charge on any atom is 0.165 e. The van der Waals surface area contributed by atoms with Crippen molar-refractivity contribution in [2.24, 2.45) is 5.92 Å². The molecule has 0 amide bonds. The summed E-state index contributed by atoms with van der Waals surface area (Å²) in [5.74, 6) is 0.465. The molecular weight excluding hydrogens is 268 g/mol. The standard InChI is InChI=1S/C21H16O/c1-12-5-9-16-17-10-8-14-4-2-3-13-6-7-15(20(17)19(13)14)11-18(16)21(12)22/h2-4,6-8,10-12H,5,9H2,1H3. The molecule has 0 heterocycles. The van der Waals surface area contributed by atoms with Crippen LogP contribution < -0.4 is 0 Å². The van der Waals surface area contributed by atoms with Crippen LogP contribution in [0.4, 0.5) is 0 Å². The van der Waals surface area contributed by atoms with E-state index in [4.69, 9.17) is 0 Å². The number of hydrogen-bond donors (Lipinski definition) is 0. The van der Waals surface area contributed by atoms with E-state index in [1.165, 1.54) is 37.9 Å². The van der Waals surface area contributed by atoms with Crippen LogP contribution in [0.25, 0.3) is 32.3 Å². The van der Waals surface area contributed by atoms with E-state index in [0.717, 1.165) is 18.4 Å². The molecule has 1 unspecified atom stereocenters. The molecule has 1 atom stereocenters. The van der Waals surface area contributed by atoms with Gasteiger partial charge in [-0.1, -0.05) is 49.4 Å². The lowest BCUT2D eigenvalue weighted by Crippen LogP contribution is -2.20. The van der Waals surface area contributed by atoms with Crippen LogP contribution in [-0.2, 0) is 6.42 Å². The zero-order chi connectivity index (χ0) is 14.8. The zero-order valence-electron chi connectivity index (χ0n) is 12.5. The molecule has 1 nitrogen and oxygen atoms in total. The summed E-state index contributed by atoms with van der Waals surface area (Å²) in [5, 5.41) is 7.71. The predicted octanol–water partition coefficient (Wildman–Crippen LogP) is 5.35. The summed E-state index contributed by atoms with van der Waals surface area (Å²) in [6.45, 7) is 2.05. The zero-order valence-corrected chi connectivity index (χ0v) is 12.5. The lowest BCUT2D eigenvalue weighted by molar-refractivity contribution is 0.0914. The minimum Gasteiger partial charge on any atom is -0.294 e. The summed E-state index contributed by atoms with van der Waals surface area (Å²) in [4.78, 5) is 12.6. The summed E-state index contributed by atoms with van der Waals surface area (Å²) in [5.41, 5.74) is 2.21. The van der Waals surface area contributed by atoms with Gasteiger partial charge in [-0.2, -0.15) is 0 Å². The Hall–Kier alpha value is -2.41. The molecule has 5 rings (SSSR count). The number of rotatable bonds is 0. The molecule has 0 N–H and O–H groups in total. The molecule has 4 aromatic rings. The van der Waals surface area contributed by atoms with Crippen LogP contribution in [0, 0.1) is 5.92 Å². The SMILES string of the molecule is CC1CCc2c(cc3ccc4cccc5ccc2c3c45)C1=O. The number of benzene rings is 4. The van der Waals surface area contributed by atoms with Crippen molar-refractivity contribution in [3.63, 3.8) is 0 Å². The number of fused-ring (bicyclic) bond motifs is 2. The first kappa shape index (κ1) is 12.2. The first-order valence-corrected chi connectivity index (χ1v) is 7.97. The van der Waals surface area contributed by atoms with Gasteiger partial charge in [0, 0.05) is 11.5 Å². The predicted molar refractivity (Wildman–Crippen MR) is 92.0 cm³/mol. The van der Waals surface area contributed by atoms with Crippen molar-refractivity contribution in [1.82, 2.24) is 0 Å². The quantitative estimate of drug-likeness (QED) is 0.398. The number of carbonyl (C=O) groups is 1. The molecule has 0 bridgehead atoms. The Morgan fingerprint density at radius 3 is 2.45 bits per heavy atom. The third-order valence-electron chi connectivity index (χ3n) is 5.30. The molecule has 1 heteroatoms. The molecule has 0 fully saturated rings. The van der Waals surface area contributed by atoms with Gasteiger partial charge in [-0.3, -0.25) is 4.79 Å². The van der Waals surface area contributed by atoms with Crippen LogP contribution in [0.1, 0.15) is 29.3 Å². The van der Waals surface area contributed by atoms with Crippen molar-refractivity contribution in [3.05, 3.63) is 59.7 Å². The smallest absolute Gasteiger partial charge is 0.165 e. The average Bonchev–Trinajstić information content (AvgIpc) is 2.56. The summed E-state index contributed by atoms with van der Waals surface area (Å²) >= 11 is 0. The largest absolute Gasteiger partial charge is 0.294 e. The topological polar surface area (TPSA) is 17.1 Å². The lowest BCUT2D eigenvalue weighted by atomic mass is 9.79. The van der Waals surface area contributed by atoms with Crippen molar-refractivity contribution >= 4 is 38.1 Å². The van der Waals surface area contributed by atoms with Gasteiger partial charge >= 0.3 is 0 Å². The molecule has 0 aromatic heterocycles. The molecule has 0 saturated heterocycles. The highest BCUT2D eigenvalue weighted by Gasteiger charge is 2.26. The normalized spacial score (nSPS) is 18.4. The summed E-state index contributed by atoms with van der Waals surface area (Å²) in [6, 6.07) is 17.3. The van der Waals surface area contributed by atoms with Gasteiger partial charge in [-0.15, -0.1) is 0 Å². The minimum atomic E-state index is 0.153. The Labute approximate surface area is 128 Å². The van der Waals surface area contributed by atoms with Gasteiger partial charge in [-0.05, 0) is 56.8 Å². The maximum atomic E-state index is 12.6. The fourth-order valence-corrected chi connectivity index (χ4v) is 4.12. The van der Waals surface area contributed by atoms with E-state index < -0.39 is 0 Å². The Morgan fingerprint density at radius 2 is 1.64 bits per heavy atom. The van der Waals surface area contributed by atoms with Crippen molar-refractivity contribution in [2.45, 2.75) is 19.8 Å². The van der Waals surface area contributed by atoms with Gasteiger partial charge < -0.3 is 0 Å². The monoisotopic (exact) mass is 284 g/mol. The third-order valence-corrected chi connectivity index (χ3v) is 5.30. The Bertz CT molecular complexity index is 1040. The maximum absolute atomic E-state index is 12.6. The van der Waals surface area contributed by atoms with E-state index in [9.17, 15) is 4.79 Å². The number of aryl methyl sites for hydroxylation is 1. The highest BCUT2D eigenvalue weighted by molar-refractivity contribution is 6.25. The van der Waals surface area contributed by atoms with Gasteiger partial charge in [0.2, 0.25) is 0 Å². The summed E-state index contributed by atoms with van der Waals surface area (Å²) in [7, 11) is 0. The highest BCUT2D eigenvalue weighted by Crippen LogP contribution is 2.40. The van der Waals surface area contributed by atoms with E-state index in [1.807, 2.05) is 0 Å². The van der Waals surface area contributed by atoms with E-state index in [1.54, 1.807) is 0 Å². The van der Waals surface area contributed by atoms with E-state index in [-0.39, 0.29) is 5.92 Å². The van der Waals surface area contributed by atoms with Gasteiger partial charge in [-0.25, -0.2) is 0 Å². The second-order valence-electron chi connectivity index (χ2n) is 6.56. The van der Waals surface area contributed by atoms with Crippen molar-refractivity contribution in [1.29, 1.82) is 0 Å². The summed E-state index contributed by atoms with van der Waals surface area (Å²) in [6.07, 6.45) is 1.98. The van der Waals surface area contributed by atoms with Crippen molar-refractivity contribution in [3.8, 4) is 0 Å². The fourth-order valence-electron chi connectivity index (χ4n) is 4.12. The minimum absolute atomic E-state index is 0.153. The number of ketones is 1. The van der Waals surface area contributed by atoms with Gasteiger partial charge in [0.05, 0.1) is 0 Å². The molecule has 1 aliphatic rings. The van der Waals surface area contributed by atoms with E-state index in [0.29, 0.717) is 5.78 Å². The molecule has 22 heavy (non-hydrogen) atoms. The lowest BCUT2D eigenvalue weighted by Gasteiger charge is -2.23. The van der Waals surface area contributed by atoms with Crippen LogP contribution in [-0.4, -0.2) is 5.78 Å². The molecule has 4 aromatic carbocycles. The second kappa shape index (κ2) is 4.07. The first-order chi connectivity index (χ1) is 10.7. The van der Waals surface area contributed by atoms with Crippen LogP contribution in [0.3, 0.4) is 0 Å². The van der Waals surface area contributed by atoms with Crippen molar-refractivity contribution < 1.29 is 4.79 Å². The second-order valence-corrected chi connectivity index (χ2v) is 6.56. The van der Waals surface area contributed by atoms with Gasteiger partial charge in [0.15, 0.2) is 5.78 Å². The molecule has 0 radical (unpaired) electrons. The van der Waals surface area contributed by atoms with Crippen LogP contribution in [0.2, 0.25) is 0 Å². The average molecular weight is 284 g/mol. The van der Waals surface area contributed by atoms with Crippen LogP contribution >= 0.6 is 0 Å². The van der Waals surface area contributed by atoms with E-state index >= 15 is 0 Å². The van der Waals surface area contributed by atoms with Gasteiger partial charge in [0.25, 0.3) is 0 Å². The molecule has 0 saturated carbocycles. The molecule has 0 aliphatic heterocycles. The fraction of sp³-hybridized carbons (Fsp3) is 0.190. The van der Waals surface area contributed by atoms with E-state index in [2.05, 4.69) is 55.5 Å². The van der Waals surface area contributed by atoms with Crippen LogP contribution in [0.15, 0.2) is 48.5 Å². The molecule has 0 spiro atoms.